The number of hydrogen-bond donors (Lipinski definition) is 4. The van der Waals surface area contributed by atoms with Crippen LogP contribution >= 0.6 is 0 Å². The van der Waals surface area contributed by atoms with Crippen molar-refractivity contribution in [1.29, 1.82) is 0 Å². The van der Waals surface area contributed by atoms with Crippen LogP contribution in [0.1, 0.15) is 0 Å². The molecule has 0 heterocycles. The molecule has 0 aromatic heterocycles. The van der Waals surface area contributed by atoms with Crippen molar-refractivity contribution in [3.05, 3.63) is 30.3 Å². The maximum Gasteiger partial charge on any atom is 0.328 e. The van der Waals surface area contributed by atoms with Crippen LogP contribution in [0.15, 0.2) is 30.3 Å². The summed E-state index contributed by atoms with van der Waals surface area (Å²) in [7, 11) is 0. The van der Waals surface area contributed by atoms with Crippen LogP contribution in [0.2, 0.25) is 0 Å². The number of benzene rings is 1. The van der Waals surface area contributed by atoms with E-state index in [4.69, 9.17) is 10.2 Å². The van der Waals surface area contributed by atoms with E-state index >= 15 is 0 Å². The first-order valence-electron chi connectivity index (χ1n) is 5.05. The number of aliphatic hydroxyl groups is 1. The van der Waals surface area contributed by atoms with Gasteiger partial charge in [0.05, 0.1) is 13.2 Å². The smallest absolute Gasteiger partial charge is 0.328 e. The number of anilines is 1. The van der Waals surface area contributed by atoms with Gasteiger partial charge < -0.3 is 20.8 Å². The zero-order valence-corrected chi connectivity index (χ0v) is 9.09. The maximum absolute atomic E-state index is 11.3. The van der Waals surface area contributed by atoms with Crippen LogP contribution in [-0.4, -0.2) is 41.3 Å². The molecule has 1 atom stereocenters. The van der Waals surface area contributed by atoms with Crippen molar-refractivity contribution in [3.8, 4) is 0 Å². The van der Waals surface area contributed by atoms with Crippen LogP contribution in [0.5, 0.6) is 0 Å². The first kappa shape index (κ1) is 13.0. The molecule has 1 amide bonds. The lowest BCUT2D eigenvalue weighted by molar-refractivity contribution is -0.142. The second-order valence-electron chi connectivity index (χ2n) is 3.36. The predicted octanol–water partition coefficient (Wildman–Crippen LogP) is -0.340. The van der Waals surface area contributed by atoms with E-state index in [1.807, 2.05) is 18.2 Å². The molecule has 0 unspecified atom stereocenters. The number of carboxylic acids is 1. The lowest BCUT2D eigenvalue weighted by atomic mass is 10.3. The normalized spacial score (nSPS) is 11.6. The summed E-state index contributed by atoms with van der Waals surface area (Å²) in [4.78, 5) is 21.9. The average Bonchev–Trinajstić information content (AvgIpc) is 2.34. The Morgan fingerprint density at radius 3 is 2.41 bits per heavy atom. The standard InChI is InChI=1S/C11H14N2O4/c14-7-9(11(16)17)13-10(15)6-12-8-4-2-1-3-5-8/h1-5,9,12,14H,6-7H2,(H,13,15)(H,16,17)/t9-/m1/s1. The summed E-state index contributed by atoms with van der Waals surface area (Å²) in [5.74, 6) is -1.75. The van der Waals surface area contributed by atoms with Crippen LogP contribution in [-0.2, 0) is 9.59 Å². The van der Waals surface area contributed by atoms with Gasteiger partial charge in [-0.2, -0.15) is 0 Å². The molecule has 92 valence electrons. The van der Waals surface area contributed by atoms with Crippen LogP contribution < -0.4 is 10.6 Å². The largest absolute Gasteiger partial charge is 0.480 e. The van der Waals surface area contributed by atoms with Gasteiger partial charge in [0.2, 0.25) is 5.91 Å². The van der Waals surface area contributed by atoms with Gasteiger partial charge in [0.15, 0.2) is 0 Å². The number of aliphatic hydroxyl groups excluding tert-OH is 1. The maximum atomic E-state index is 11.3. The zero-order chi connectivity index (χ0) is 12.7. The minimum Gasteiger partial charge on any atom is -0.480 e. The molecule has 6 nitrogen and oxygen atoms in total. The number of amides is 1. The second kappa shape index (κ2) is 6.49. The molecule has 0 saturated heterocycles. The fourth-order valence-electron chi connectivity index (χ4n) is 1.17. The second-order valence-corrected chi connectivity index (χ2v) is 3.36. The van der Waals surface area contributed by atoms with Crippen molar-refractivity contribution in [1.82, 2.24) is 5.32 Å². The van der Waals surface area contributed by atoms with Crippen molar-refractivity contribution in [2.75, 3.05) is 18.5 Å². The molecule has 0 radical (unpaired) electrons. The third kappa shape index (κ3) is 4.52. The lowest BCUT2D eigenvalue weighted by Gasteiger charge is -2.12. The number of carboxylic acid groups (broad SMARTS) is 1. The van der Waals surface area contributed by atoms with Gasteiger partial charge in [0, 0.05) is 5.69 Å². The molecule has 1 rings (SSSR count). The molecule has 1 aromatic carbocycles. The van der Waals surface area contributed by atoms with E-state index in [9.17, 15) is 9.59 Å². The summed E-state index contributed by atoms with van der Waals surface area (Å²) in [6, 6.07) is 7.78. The van der Waals surface area contributed by atoms with Crippen LogP contribution in [0.25, 0.3) is 0 Å². The Balaban J connectivity index is 2.37. The number of hydrogen-bond acceptors (Lipinski definition) is 4. The van der Waals surface area contributed by atoms with E-state index in [1.54, 1.807) is 12.1 Å². The number of carbonyl (C=O) groups excluding carboxylic acids is 1. The van der Waals surface area contributed by atoms with Crippen molar-refractivity contribution in [2.24, 2.45) is 0 Å². The Kier molecular flexibility index (Phi) is 4.96. The molecule has 0 saturated carbocycles. The first-order valence-corrected chi connectivity index (χ1v) is 5.05. The number of aliphatic carboxylic acids is 1. The van der Waals surface area contributed by atoms with Crippen LogP contribution in [0.3, 0.4) is 0 Å². The van der Waals surface area contributed by atoms with Gasteiger partial charge in [0.25, 0.3) is 0 Å². The number of nitrogens with one attached hydrogen (secondary N) is 2. The van der Waals surface area contributed by atoms with Gasteiger partial charge in [0.1, 0.15) is 6.04 Å². The topological polar surface area (TPSA) is 98.7 Å². The monoisotopic (exact) mass is 238 g/mol. The van der Waals surface area contributed by atoms with Crippen molar-refractivity contribution in [2.45, 2.75) is 6.04 Å². The molecular formula is C11H14N2O4. The lowest BCUT2D eigenvalue weighted by Crippen LogP contribution is -2.45. The molecular weight excluding hydrogens is 224 g/mol. The van der Waals surface area contributed by atoms with Crippen molar-refractivity contribution >= 4 is 17.6 Å². The number of rotatable bonds is 6. The summed E-state index contributed by atoms with van der Waals surface area (Å²) >= 11 is 0. The molecule has 0 aliphatic heterocycles. The first-order chi connectivity index (χ1) is 8.13. The molecule has 17 heavy (non-hydrogen) atoms. The van der Waals surface area contributed by atoms with Gasteiger partial charge in [-0.25, -0.2) is 4.79 Å². The number of para-hydroxylation sites is 1. The molecule has 6 heteroatoms. The van der Waals surface area contributed by atoms with E-state index in [1.165, 1.54) is 0 Å². The van der Waals surface area contributed by atoms with E-state index in [0.29, 0.717) is 0 Å². The van der Waals surface area contributed by atoms with Crippen molar-refractivity contribution < 1.29 is 19.8 Å². The fraction of sp³-hybridized carbons (Fsp3) is 0.273. The summed E-state index contributed by atoms with van der Waals surface area (Å²) in [6.45, 7) is -0.680. The van der Waals surface area contributed by atoms with E-state index in [2.05, 4.69) is 10.6 Å². The molecule has 0 fully saturated rings. The Hall–Kier alpha value is -2.08. The minimum atomic E-state index is -1.26. The van der Waals surface area contributed by atoms with E-state index in [0.717, 1.165) is 5.69 Å². The average molecular weight is 238 g/mol. The molecule has 0 bridgehead atoms. The molecule has 4 N–H and O–H groups in total. The Morgan fingerprint density at radius 2 is 1.88 bits per heavy atom. The highest BCUT2D eigenvalue weighted by Crippen LogP contribution is 2.03. The van der Waals surface area contributed by atoms with Gasteiger partial charge in [-0.3, -0.25) is 4.79 Å². The van der Waals surface area contributed by atoms with Gasteiger partial charge in [-0.1, -0.05) is 18.2 Å². The van der Waals surface area contributed by atoms with E-state index in [-0.39, 0.29) is 6.54 Å². The molecule has 0 aliphatic rings. The minimum absolute atomic E-state index is 0.0478. The Morgan fingerprint density at radius 1 is 1.24 bits per heavy atom. The quantitative estimate of drug-likeness (QED) is 0.543. The molecule has 0 aliphatic carbocycles. The molecule has 0 spiro atoms. The highest BCUT2D eigenvalue weighted by Gasteiger charge is 2.18. The van der Waals surface area contributed by atoms with E-state index < -0.39 is 24.5 Å². The van der Waals surface area contributed by atoms with Gasteiger partial charge in [-0.15, -0.1) is 0 Å². The summed E-state index contributed by atoms with van der Waals surface area (Å²) in [5, 5.41) is 22.3. The third-order valence-corrected chi connectivity index (χ3v) is 2.04. The van der Waals surface area contributed by atoms with Crippen LogP contribution in [0.4, 0.5) is 5.69 Å². The number of carbonyl (C=O) groups is 2. The molecule has 1 aromatic rings. The fourth-order valence-corrected chi connectivity index (χ4v) is 1.17. The predicted molar refractivity (Wildman–Crippen MR) is 61.6 cm³/mol. The Bertz CT molecular complexity index is 380. The third-order valence-electron chi connectivity index (χ3n) is 2.04. The zero-order valence-electron chi connectivity index (χ0n) is 9.09. The van der Waals surface area contributed by atoms with Crippen molar-refractivity contribution in [3.63, 3.8) is 0 Å². The highest BCUT2D eigenvalue weighted by molar-refractivity contribution is 5.86. The van der Waals surface area contributed by atoms with Crippen LogP contribution in [0, 0.1) is 0 Å². The highest BCUT2D eigenvalue weighted by atomic mass is 16.4. The van der Waals surface area contributed by atoms with Gasteiger partial charge in [-0.05, 0) is 12.1 Å². The Labute approximate surface area is 98.3 Å². The summed E-state index contributed by atoms with van der Waals surface area (Å²) in [5.41, 5.74) is 0.763. The summed E-state index contributed by atoms with van der Waals surface area (Å²) < 4.78 is 0. The van der Waals surface area contributed by atoms with Gasteiger partial charge >= 0.3 is 5.97 Å². The SMILES string of the molecule is O=C(CNc1ccccc1)N[C@H](CO)C(=O)O. The summed E-state index contributed by atoms with van der Waals surface area (Å²) in [6.07, 6.45) is 0.